The van der Waals surface area contributed by atoms with Crippen LogP contribution in [0.1, 0.15) is 489 Å². The van der Waals surface area contributed by atoms with Gasteiger partial charge in [-0.3, -0.25) is 19.2 Å². The molecule has 0 aromatic carbocycles. The number of aliphatic hydroxyl groups is 5. The van der Waals surface area contributed by atoms with Crippen molar-refractivity contribution in [1.82, 2.24) is 4.90 Å². The lowest BCUT2D eigenvalue weighted by Crippen LogP contribution is -2.61. The number of amides is 1. The topological polar surface area (TPSA) is 217 Å². The summed E-state index contributed by atoms with van der Waals surface area (Å²) in [7, 11) is 1.57. The molecule has 14 nitrogen and oxygen atoms in total. The van der Waals surface area contributed by atoms with Crippen molar-refractivity contribution in [2.75, 3.05) is 26.9 Å². The molecule has 0 unspecified atom stereocenters. The SMILES string of the molecule is C.C.C.C.C.C.C.C.C.C.C.C.C.C.C.C.C.C.C.C.C.C.C.C.C.C.C.C.C.C.C.C.C.C.C.C.C.C.C.C.C.C.C.C.C.C.C.C.C.CO[C@H]1C[C@@H]2CC[C@@H](C)[C@@](O)(O2)C(=O)C(=O)N2CCCC[C@H]2C(=O)O[C@H]([C@H](C)C[C@@H]2CC[C@@H](O)[C@H](CO)C2)CC(=O)[C@H](C)/C=C(\C)[C@@H](O)[C@@H](CO)C(=O)[C@H](C)C[C@H](C)/C=C/C=CC=C1C. The van der Waals surface area contributed by atoms with E-state index in [9.17, 15) is 49.5 Å². The van der Waals surface area contributed by atoms with E-state index in [1.807, 2.05) is 51.2 Å². The van der Waals surface area contributed by atoms with Crippen molar-refractivity contribution in [2.45, 2.75) is 532 Å². The van der Waals surface area contributed by atoms with E-state index in [1.54, 1.807) is 40.9 Å². The number of methoxy groups -OCH3 is 1. The summed E-state index contributed by atoms with van der Waals surface area (Å²) in [5, 5.41) is 54.0. The molecule has 3 heterocycles. The lowest BCUT2D eigenvalue weighted by molar-refractivity contribution is -0.265. The van der Waals surface area contributed by atoms with Gasteiger partial charge in [-0.25, -0.2) is 4.79 Å². The molecule has 0 radical (unpaired) electrons. The Morgan fingerprint density at radius 1 is 0.509 bits per heavy atom. The third kappa shape index (κ3) is 86.5. The Balaban J connectivity index is -0.0000000214. The third-order valence-corrected chi connectivity index (χ3v) is 14.7. The summed E-state index contributed by atoms with van der Waals surface area (Å²) < 4.78 is 18.2. The van der Waals surface area contributed by atoms with Crippen LogP contribution in [0, 0.1) is 47.3 Å². The highest BCUT2D eigenvalue weighted by molar-refractivity contribution is 6.39. The number of esters is 1. The number of Topliss-reactive ketones (excluding diaryl/α,β-unsaturated/α-hetero) is 3. The van der Waals surface area contributed by atoms with E-state index in [0.29, 0.717) is 69.8 Å². The monoisotopic (exact) mass is 1700 g/mol. The number of fused-ring (bicyclic) bond motifs is 3. The lowest BCUT2D eigenvalue weighted by atomic mass is 9.75. The maximum atomic E-state index is 14.3. The van der Waals surface area contributed by atoms with Crippen molar-refractivity contribution in [3.63, 3.8) is 0 Å². The lowest BCUT2D eigenvalue weighted by Gasteiger charge is -2.42. The van der Waals surface area contributed by atoms with Crippen LogP contribution in [-0.2, 0) is 38.2 Å². The zero-order valence-electron chi connectivity index (χ0n) is 40.1. The second-order valence-corrected chi connectivity index (χ2v) is 19.9. The molecule has 1 saturated carbocycles. The van der Waals surface area contributed by atoms with Crippen molar-refractivity contribution in [3.8, 4) is 0 Å². The van der Waals surface area contributed by atoms with Crippen molar-refractivity contribution in [3.05, 3.63) is 47.6 Å². The number of carbonyl (C=O) groups is 5. The molecule has 3 fully saturated rings. The summed E-state index contributed by atoms with van der Waals surface area (Å²) >= 11 is 0. The van der Waals surface area contributed by atoms with Gasteiger partial charge in [-0.15, -0.1) is 0 Å². The summed E-state index contributed by atoms with van der Waals surface area (Å²) in [4.78, 5) is 71.6. The van der Waals surface area contributed by atoms with E-state index in [2.05, 4.69) is 0 Å². The second kappa shape index (κ2) is 151. The van der Waals surface area contributed by atoms with Crippen molar-refractivity contribution in [1.29, 1.82) is 0 Å². The molecule has 114 heavy (non-hydrogen) atoms. The highest BCUT2D eigenvalue weighted by Gasteiger charge is 2.53. The van der Waals surface area contributed by atoms with Gasteiger partial charge in [-0.1, -0.05) is 435 Å². The first kappa shape index (κ1) is 318. The number of carbonyl (C=O) groups excluding carboxylic acids is 5. The average Bonchev–Trinajstić information content (AvgIpc) is 3.29. The van der Waals surface area contributed by atoms with Crippen LogP contribution >= 0.6 is 0 Å². The van der Waals surface area contributed by atoms with E-state index in [1.165, 1.54) is 4.90 Å². The van der Waals surface area contributed by atoms with Crippen molar-refractivity contribution >= 4 is 29.2 Å². The first-order valence-corrected chi connectivity index (χ1v) is 24.1. The minimum Gasteiger partial charge on any atom is -0.460 e. The molecular weight excluding hydrogens is 1420 g/mol. The predicted octanol–water partition coefficient (Wildman–Crippen LogP) is 36.5. The Hall–Kier alpha value is -3.37. The number of ether oxygens (including phenoxy) is 3. The van der Waals surface area contributed by atoms with Crippen LogP contribution in [0.3, 0.4) is 0 Å². The summed E-state index contributed by atoms with van der Waals surface area (Å²) in [6, 6.07) is -1.16. The fourth-order valence-electron chi connectivity index (χ4n) is 10.3. The Morgan fingerprint density at radius 3 is 1.31 bits per heavy atom. The minimum absolute atomic E-state index is 0. The maximum absolute atomic E-state index is 14.3. The first-order valence-electron chi connectivity index (χ1n) is 24.1. The predicted molar refractivity (Wildman–Crippen MR) is 575 cm³/mol. The Kier molecular flexibility index (Phi) is 421. The van der Waals surface area contributed by atoms with Crippen LogP contribution in [0.2, 0.25) is 0 Å². The molecule has 758 valence electrons. The number of nitrogens with zero attached hydrogens (tertiary/aromatic N) is 1. The molecule has 2 bridgehead atoms. The van der Waals surface area contributed by atoms with Crippen LogP contribution in [0.25, 0.3) is 0 Å². The Morgan fingerprint density at radius 2 is 0.921 bits per heavy atom. The van der Waals surface area contributed by atoms with Gasteiger partial charge in [0.15, 0.2) is 0 Å². The number of piperidine rings is 1. The number of allylic oxidation sites excluding steroid dienone is 6. The number of cyclic esters (lactones) is 1. The second-order valence-electron chi connectivity index (χ2n) is 19.9. The van der Waals surface area contributed by atoms with E-state index in [-0.39, 0.29) is 425 Å². The highest BCUT2D eigenvalue weighted by Crippen LogP contribution is 2.38. The zero-order valence-corrected chi connectivity index (χ0v) is 40.1. The molecule has 15 atom stereocenters. The van der Waals surface area contributed by atoms with Gasteiger partial charge < -0.3 is 44.6 Å². The van der Waals surface area contributed by atoms with Gasteiger partial charge in [-0.05, 0) is 107 Å². The van der Waals surface area contributed by atoms with Crippen LogP contribution < -0.4 is 0 Å². The molecule has 5 N–H and O–H groups in total. The van der Waals surface area contributed by atoms with Gasteiger partial charge in [-0.2, -0.15) is 0 Å². The highest BCUT2D eigenvalue weighted by atomic mass is 16.6. The summed E-state index contributed by atoms with van der Waals surface area (Å²) in [5.74, 6) is -9.71. The van der Waals surface area contributed by atoms with E-state index in [0.717, 1.165) is 5.57 Å². The number of hydrogen-bond donors (Lipinski definition) is 5. The minimum atomic E-state index is -2.44. The summed E-state index contributed by atoms with van der Waals surface area (Å²) in [6.07, 6.45) is 12.1. The molecule has 14 heteroatoms. The first-order chi connectivity index (χ1) is 30.7. The van der Waals surface area contributed by atoms with Crippen LogP contribution in [0.15, 0.2) is 47.6 Å². The fraction of sp³-hybridized carbons (Fsp3) is 0.870. The van der Waals surface area contributed by atoms with E-state index < -0.39 is 90.3 Å². The van der Waals surface area contributed by atoms with E-state index in [4.69, 9.17) is 14.2 Å². The van der Waals surface area contributed by atoms with Gasteiger partial charge in [0, 0.05) is 56.8 Å². The number of aliphatic hydroxyl groups excluding tert-OH is 4. The molecule has 4 rings (SSSR count). The molecule has 0 aromatic rings. The Bertz CT molecular complexity index is 1770. The Labute approximate surface area is 747 Å². The number of hydrogen-bond acceptors (Lipinski definition) is 13. The summed E-state index contributed by atoms with van der Waals surface area (Å²) in [5.41, 5.74) is 1.21. The summed E-state index contributed by atoms with van der Waals surface area (Å²) in [6.45, 7) is 11.8. The van der Waals surface area contributed by atoms with Gasteiger partial charge in [0.2, 0.25) is 5.79 Å². The van der Waals surface area contributed by atoms with Crippen LogP contribution in [0.5, 0.6) is 0 Å². The molecular formula is C100H275NO13. The molecule has 0 spiro atoms. The molecule has 1 aliphatic carbocycles. The zero-order chi connectivity index (χ0) is 48.2. The normalized spacial score (nSPS) is 22.3. The van der Waals surface area contributed by atoms with Gasteiger partial charge >= 0.3 is 5.97 Å². The number of ketones is 3. The molecule has 1 amide bonds. The van der Waals surface area contributed by atoms with Gasteiger partial charge in [0.05, 0.1) is 36.9 Å². The molecule has 2 saturated heterocycles. The molecule has 3 aliphatic heterocycles. The fourth-order valence-corrected chi connectivity index (χ4v) is 10.3. The average molecular weight is 1700 g/mol. The maximum Gasteiger partial charge on any atom is 0.329 e. The largest absolute Gasteiger partial charge is 0.460 e. The quantitative estimate of drug-likeness (QED) is 0.0951. The standard InChI is InChI=1S/C51H79NO13.49CH4/c1-30-14-10-9-11-15-31(2)44(63-8)26-39-19-17-36(7)51(62,65-39)48(59)49(60)52-21-13-12-16-41(52)50(61)64-45(33(4)24-37-18-20-42(55)38(25-37)28-53)27-43(56)32(3)23-35(6)47(58)40(29-54)46(57)34(5)22-30;;;;;;;;;;;;;;;;;;;;;;;;;;;;;;;;;;;;;;;;;;;;;;;;;/h9-11,14-15,23,30,32-34,36-42,44-45,47,53-55,58,62H,12-13,16-22,24-29H2,1-8H3;49*1H4/b11-9?,14-10+,31-15?,35-23+;;;;;;;;;;;;;;;;;;;;;;;;;;;;;;;;;;;;;;;;;;;;;;;;;/t30-,32-,33-,34-,36-,37+,38+,39+,40+,41+,42-,44+,45+,47-,51-;;;;;;;;;;;;;;;;;;;;;;;;;;;;;;;;;;;;;;;;;;;;;;;;;/m1................................................./s1. The number of rotatable bonds is 6. The molecule has 4 aliphatic rings. The van der Waals surface area contributed by atoms with Gasteiger partial charge in [0.25, 0.3) is 11.7 Å². The van der Waals surface area contributed by atoms with Crippen molar-refractivity contribution in [2.24, 2.45) is 47.3 Å². The van der Waals surface area contributed by atoms with Crippen molar-refractivity contribution < 1.29 is 63.7 Å². The van der Waals surface area contributed by atoms with Crippen LogP contribution in [-0.4, -0.2) is 129 Å². The third-order valence-electron chi connectivity index (χ3n) is 14.7. The van der Waals surface area contributed by atoms with E-state index >= 15 is 0 Å². The van der Waals surface area contributed by atoms with Crippen LogP contribution in [0.4, 0.5) is 0 Å². The smallest absolute Gasteiger partial charge is 0.329 e. The molecule has 0 aromatic heterocycles. The van der Waals surface area contributed by atoms with Gasteiger partial charge in [0.1, 0.15) is 23.7 Å².